The molecular weight excluding hydrogens is 313 g/mol. The van der Waals surface area contributed by atoms with E-state index in [-0.39, 0.29) is 23.8 Å². The molecule has 0 radical (unpaired) electrons. The molecule has 1 fully saturated rings. The van der Waals surface area contributed by atoms with Crippen LogP contribution < -0.4 is 5.32 Å². The summed E-state index contributed by atoms with van der Waals surface area (Å²) in [6.45, 7) is 0. The highest BCUT2D eigenvalue weighted by molar-refractivity contribution is 6.35. The van der Waals surface area contributed by atoms with Crippen LogP contribution in [0.15, 0.2) is 18.2 Å². The van der Waals surface area contributed by atoms with Gasteiger partial charge in [0.25, 0.3) is 5.91 Å². The molecule has 1 saturated carbocycles. The fourth-order valence-corrected chi connectivity index (χ4v) is 2.95. The molecule has 0 saturated heterocycles. The predicted octanol–water partition coefficient (Wildman–Crippen LogP) is 3.46. The molecule has 0 unspecified atom stereocenters. The molecule has 1 N–H and O–H groups in total. The molecule has 1 aromatic carbocycles. The maximum Gasteiger partial charge on any atom is 0.308 e. The van der Waals surface area contributed by atoms with Crippen molar-refractivity contribution >= 4 is 35.1 Å². The lowest BCUT2D eigenvalue weighted by atomic mass is 9.86. The predicted molar refractivity (Wildman–Crippen MR) is 81.7 cm³/mol. The Kier molecular flexibility index (Phi) is 5.48. The number of carbonyl (C=O) groups excluding carboxylic acids is 2. The molecule has 0 heterocycles. The topological polar surface area (TPSA) is 55.4 Å². The van der Waals surface area contributed by atoms with Gasteiger partial charge in [0.2, 0.25) is 0 Å². The van der Waals surface area contributed by atoms with Gasteiger partial charge in [-0.05, 0) is 43.9 Å². The van der Waals surface area contributed by atoms with E-state index in [4.69, 9.17) is 27.9 Å². The van der Waals surface area contributed by atoms with Crippen molar-refractivity contribution in [1.29, 1.82) is 0 Å². The summed E-state index contributed by atoms with van der Waals surface area (Å²) in [5.41, 5.74) is 0.374. The second-order valence-corrected chi connectivity index (χ2v) is 6.01. The normalized spacial score (nSPS) is 21.7. The first-order valence-electron chi connectivity index (χ1n) is 6.85. The van der Waals surface area contributed by atoms with Gasteiger partial charge in [0.15, 0.2) is 0 Å². The van der Waals surface area contributed by atoms with Gasteiger partial charge in [-0.3, -0.25) is 9.59 Å². The highest BCUT2D eigenvalue weighted by Gasteiger charge is 2.28. The Morgan fingerprint density at radius 2 is 1.86 bits per heavy atom. The molecule has 1 aromatic rings. The van der Waals surface area contributed by atoms with Crippen LogP contribution in [0.2, 0.25) is 10.0 Å². The molecule has 1 aliphatic carbocycles. The van der Waals surface area contributed by atoms with Gasteiger partial charge in [-0.15, -0.1) is 0 Å². The molecule has 0 aromatic heterocycles. The van der Waals surface area contributed by atoms with Crippen molar-refractivity contribution in [2.75, 3.05) is 7.11 Å². The van der Waals surface area contributed by atoms with Crippen molar-refractivity contribution in [1.82, 2.24) is 5.32 Å². The van der Waals surface area contributed by atoms with Gasteiger partial charge in [-0.25, -0.2) is 0 Å². The Labute approximate surface area is 133 Å². The minimum absolute atomic E-state index is 0.0495. The summed E-state index contributed by atoms with van der Waals surface area (Å²) in [5.74, 6) is -0.459. The number of halogens is 2. The van der Waals surface area contributed by atoms with Gasteiger partial charge in [0.1, 0.15) is 0 Å². The van der Waals surface area contributed by atoms with Crippen molar-refractivity contribution in [2.24, 2.45) is 5.92 Å². The molecule has 4 nitrogen and oxygen atoms in total. The average Bonchev–Trinajstić information content (AvgIpc) is 2.49. The Balaban J connectivity index is 1.93. The van der Waals surface area contributed by atoms with Gasteiger partial charge < -0.3 is 10.1 Å². The standard InChI is InChI=1S/C15H17Cl2NO3/c1-21-15(20)9-2-5-11(6-3-9)18-14(19)12-8-10(16)4-7-13(12)17/h4,7-9,11H,2-3,5-6H2,1H3,(H,18,19). The van der Waals surface area contributed by atoms with Crippen molar-refractivity contribution in [3.05, 3.63) is 33.8 Å². The number of rotatable bonds is 3. The third-order valence-electron chi connectivity index (χ3n) is 3.77. The summed E-state index contributed by atoms with van der Waals surface area (Å²) < 4.78 is 4.75. The first-order valence-corrected chi connectivity index (χ1v) is 7.60. The van der Waals surface area contributed by atoms with Crippen LogP contribution in [-0.4, -0.2) is 25.0 Å². The van der Waals surface area contributed by atoms with Crippen LogP contribution in [0.4, 0.5) is 0 Å². The number of benzene rings is 1. The third kappa shape index (κ3) is 4.11. The SMILES string of the molecule is COC(=O)C1CCC(NC(=O)c2cc(Cl)ccc2Cl)CC1. The number of amides is 1. The molecular formula is C15H17Cl2NO3. The minimum Gasteiger partial charge on any atom is -0.469 e. The molecule has 1 amide bonds. The van der Waals surface area contributed by atoms with E-state index in [1.54, 1.807) is 18.2 Å². The molecule has 2 rings (SSSR count). The number of ether oxygens (including phenoxy) is 1. The van der Waals surface area contributed by atoms with E-state index >= 15 is 0 Å². The molecule has 6 heteroatoms. The number of esters is 1. The summed E-state index contributed by atoms with van der Waals surface area (Å²) in [4.78, 5) is 23.7. The Morgan fingerprint density at radius 1 is 1.19 bits per heavy atom. The summed E-state index contributed by atoms with van der Waals surface area (Å²) in [5, 5.41) is 3.79. The monoisotopic (exact) mass is 329 g/mol. The Bertz CT molecular complexity index is 540. The number of carbonyl (C=O) groups is 2. The van der Waals surface area contributed by atoms with E-state index in [0.717, 1.165) is 25.7 Å². The second kappa shape index (κ2) is 7.14. The van der Waals surface area contributed by atoms with E-state index in [9.17, 15) is 9.59 Å². The Morgan fingerprint density at radius 3 is 2.48 bits per heavy atom. The van der Waals surface area contributed by atoms with Crippen LogP contribution in [-0.2, 0) is 9.53 Å². The first kappa shape index (κ1) is 16.1. The summed E-state index contributed by atoms with van der Waals surface area (Å²) >= 11 is 11.9. The molecule has 21 heavy (non-hydrogen) atoms. The largest absolute Gasteiger partial charge is 0.469 e. The van der Waals surface area contributed by atoms with Crippen LogP contribution in [0.5, 0.6) is 0 Å². The van der Waals surface area contributed by atoms with Crippen LogP contribution in [0, 0.1) is 5.92 Å². The molecule has 0 bridgehead atoms. The third-order valence-corrected chi connectivity index (χ3v) is 4.33. The second-order valence-electron chi connectivity index (χ2n) is 5.17. The molecule has 1 aliphatic rings. The van der Waals surface area contributed by atoms with Gasteiger partial charge >= 0.3 is 5.97 Å². The number of hydrogen-bond acceptors (Lipinski definition) is 3. The maximum absolute atomic E-state index is 12.2. The van der Waals surface area contributed by atoms with Gasteiger partial charge in [-0.1, -0.05) is 23.2 Å². The van der Waals surface area contributed by atoms with Gasteiger partial charge in [0, 0.05) is 11.1 Å². The minimum atomic E-state index is -0.232. The lowest BCUT2D eigenvalue weighted by molar-refractivity contribution is -0.146. The number of hydrogen-bond donors (Lipinski definition) is 1. The van der Waals surface area contributed by atoms with E-state index in [2.05, 4.69) is 5.32 Å². The highest BCUT2D eigenvalue weighted by atomic mass is 35.5. The highest BCUT2D eigenvalue weighted by Crippen LogP contribution is 2.26. The van der Waals surface area contributed by atoms with E-state index in [0.29, 0.717) is 15.6 Å². The fourth-order valence-electron chi connectivity index (χ4n) is 2.57. The summed E-state index contributed by atoms with van der Waals surface area (Å²) in [6.07, 6.45) is 2.95. The average molecular weight is 330 g/mol. The van der Waals surface area contributed by atoms with E-state index in [1.807, 2.05) is 0 Å². The van der Waals surface area contributed by atoms with E-state index in [1.165, 1.54) is 7.11 Å². The van der Waals surface area contributed by atoms with Crippen LogP contribution in [0.1, 0.15) is 36.0 Å². The molecule has 0 aliphatic heterocycles. The molecule has 0 atom stereocenters. The zero-order chi connectivity index (χ0) is 15.4. The quantitative estimate of drug-likeness (QED) is 0.864. The zero-order valence-corrected chi connectivity index (χ0v) is 13.2. The van der Waals surface area contributed by atoms with Gasteiger partial charge in [-0.2, -0.15) is 0 Å². The van der Waals surface area contributed by atoms with Crippen molar-refractivity contribution in [3.63, 3.8) is 0 Å². The smallest absolute Gasteiger partial charge is 0.308 e. The fraction of sp³-hybridized carbons (Fsp3) is 0.467. The molecule has 114 valence electrons. The van der Waals surface area contributed by atoms with E-state index < -0.39 is 0 Å². The number of nitrogens with one attached hydrogen (secondary N) is 1. The van der Waals surface area contributed by atoms with Crippen molar-refractivity contribution in [3.8, 4) is 0 Å². The van der Waals surface area contributed by atoms with Crippen molar-refractivity contribution < 1.29 is 14.3 Å². The summed E-state index contributed by atoms with van der Waals surface area (Å²) in [7, 11) is 1.40. The maximum atomic E-state index is 12.2. The zero-order valence-electron chi connectivity index (χ0n) is 11.7. The Hall–Kier alpha value is -1.26. The van der Waals surface area contributed by atoms with Crippen LogP contribution >= 0.6 is 23.2 Å². The number of methoxy groups -OCH3 is 1. The first-order chi connectivity index (χ1) is 10.0. The van der Waals surface area contributed by atoms with Crippen molar-refractivity contribution in [2.45, 2.75) is 31.7 Å². The van der Waals surface area contributed by atoms with Gasteiger partial charge in [0.05, 0.1) is 23.6 Å². The van der Waals surface area contributed by atoms with Crippen LogP contribution in [0.25, 0.3) is 0 Å². The lowest BCUT2D eigenvalue weighted by Gasteiger charge is -2.27. The summed E-state index contributed by atoms with van der Waals surface area (Å²) in [6, 6.07) is 4.85. The lowest BCUT2D eigenvalue weighted by Crippen LogP contribution is -2.39. The molecule has 0 spiro atoms. The van der Waals surface area contributed by atoms with Crippen LogP contribution in [0.3, 0.4) is 0 Å².